The van der Waals surface area contributed by atoms with Crippen LogP contribution in [0, 0.1) is 0 Å². The second-order valence-electron chi connectivity index (χ2n) is 14.7. The van der Waals surface area contributed by atoms with Gasteiger partial charge in [0.15, 0.2) is 0 Å². The molecular formula is C41H75N5O14. The van der Waals surface area contributed by atoms with Crippen LogP contribution in [0.3, 0.4) is 0 Å². The maximum Gasteiger partial charge on any atom is 0.326 e. The van der Waals surface area contributed by atoms with Gasteiger partial charge in [-0.2, -0.15) is 0 Å². The summed E-state index contributed by atoms with van der Waals surface area (Å²) in [6.45, 7) is 1.78. The van der Waals surface area contributed by atoms with Gasteiger partial charge in [-0.15, -0.1) is 0 Å². The molecule has 19 heteroatoms. The van der Waals surface area contributed by atoms with Crippen LogP contribution in [-0.4, -0.2) is 141 Å². The molecule has 348 valence electrons. The van der Waals surface area contributed by atoms with Crippen LogP contribution < -0.4 is 27.0 Å². The Morgan fingerprint density at radius 1 is 0.417 bits per heavy atom. The minimum Gasteiger partial charge on any atom is -0.481 e. The Kier molecular flexibility index (Phi) is 37.9. The summed E-state index contributed by atoms with van der Waals surface area (Å²) in [6, 6.07) is -2.04. The highest BCUT2D eigenvalue weighted by Gasteiger charge is 2.21. The average Bonchev–Trinajstić information content (AvgIpc) is 3.20. The van der Waals surface area contributed by atoms with Gasteiger partial charge in [-0.1, -0.05) is 77.0 Å². The molecule has 0 unspecified atom stereocenters. The van der Waals surface area contributed by atoms with Gasteiger partial charge in [0.1, 0.15) is 25.3 Å². The van der Waals surface area contributed by atoms with Crippen LogP contribution in [0.1, 0.15) is 135 Å². The summed E-state index contributed by atoms with van der Waals surface area (Å²) < 4.78 is 21.2. The first kappa shape index (κ1) is 56.1. The van der Waals surface area contributed by atoms with Crippen molar-refractivity contribution in [2.24, 2.45) is 5.73 Å². The molecule has 4 amide bonds. The summed E-state index contributed by atoms with van der Waals surface area (Å²) >= 11 is 0. The molecule has 0 rings (SSSR count). The number of unbranched alkanes of at least 4 members (excludes halogenated alkanes) is 14. The molecule has 0 saturated carbocycles. The second kappa shape index (κ2) is 40.5. The second-order valence-corrected chi connectivity index (χ2v) is 14.7. The summed E-state index contributed by atoms with van der Waals surface area (Å²) in [6.07, 6.45) is 17.0. The van der Waals surface area contributed by atoms with E-state index in [0.29, 0.717) is 32.2 Å². The lowest BCUT2D eigenvalue weighted by molar-refractivity contribution is -0.142. The summed E-state index contributed by atoms with van der Waals surface area (Å²) in [5, 5.41) is 37.4. The standard InChI is InChI=1S/C41H75N5O14/c42-33(40(53)54)17-15-16-22-43-37(49)31-59-29-28-58-26-24-45-38(50)32-60-30-27-57-25-23-44-35(47)21-20-34(41(55)56)46-36(48)18-13-11-9-7-5-3-1-2-4-6-8-10-12-14-19-39(51)52/h33-34H,1-32,42H2,(H,43,49)(H,44,47)(H,45,50)(H,46,48)(H,51,52)(H,53,54)(H,55,56)/t33-,34-/m0/s1. The summed E-state index contributed by atoms with van der Waals surface area (Å²) in [5.41, 5.74) is 5.42. The molecule has 9 N–H and O–H groups in total. The molecule has 0 aliphatic rings. The smallest absolute Gasteiger partial charge is 0.326 e. The zero-order valence-electron chi connectivity index (χ0n) is 35.7. The molecule has 0 spiro atoms. The maximum atomic E-state index is 12.3. The van der Waals surface area contributed by atoms with Crippen LogP contribution in [0.2, 0.25) is 0 Å². The molecule has 0 aliphatic carbocycles. The third kappa shape index (κ3) is 39.5. The predicted molar refractivity (Wildman–Crippen MR) is 222 cm³/mol. The Balaban J connectivity index is 3.65. The number of aliphatic carboxylic acids is 3. The van der Waals surface area contributed by atoms with E-state index in [1.807, 2.05) is 0 Å². The van der Waals surface area contributed by atoms with Crippen molar-refractivity contribution >= 4 is 41.5 Å². The Bertz CT molecular complexity index is 1180. The third-order valence-corrected chi connectivity index (χ3v) is 9.27. The minimum absolute atomic E-state index is 0.0318. The van der Waals surface area contributed by atoms with Gasteiger partial charge in [0.05, 0.1) is 39.6 Å². The summed E-state index contributed by atoms with van der Waals surface area (Å²) in [4.78, 5) is 80.9. The highest BCUT2D eigenvalue weighted by atomic mass is 16.5. The molecule has 0 aromatic rings. The number of ether oxygens (including phenoxy) is 4. The number of carboxylic acid groups (broad SMARTS) is 3. The van der Waals surface area contributed by atoms with Gasteiger partial charge in [-0.3, -0.25) is 28.8 Å². The molecule has 2 atom stereocenters. The van der Waals surface area contributed by atoms with Gasteiger partial charge in [0.2, 0.25) is 23.6 Å². The Hall–Kier alpha value is -3.91. The van der Waals surface area contributed by atoms with Gasteiger partial charge in [0, 0.05) is 38.9 Å². The first-order valence-electron chi connectivity index (χ1n) is 21.8. The molecule has 0 radical (unpaired) electrons. The summed E-state index contributed by atoms with van der Waals surface area (Å²) in [5.74, 6) is -4.27. The number of carbonyl (C=O) groups excluding carboxylic acids is 4. The molecule has 0 aliphatic heterocycles. The number of hydrogen-bond acceptors (Lipinski definition) is 12. The van der Waals surface area contributed by atoms with Crippen LogP contribution in [0.5, 0.6) is 0 Å². The quantitative estimate of drug-likeness (QED) is 0.0409. The Morgan fingerprint density at radius 3 is 1.32 bits per heavy atom. The topological polar surface area (TPSA) is 291 Å². The zero-order chi connectivity index (χ0) is 44.5. The van der Waals surface area contributed by atoms with Gasteiger partial charge >= 0.3 is 17.9 Å². The van der Waals surface area contributed by atoms with E-state index in [1.54, 1.807) is 0 Å². The number of carbonyl (C=O) groups is 7. The zero-order valence-corrected chi connectivity index (χ0v) is 35.7. The van der Waals surface area contributed by atoms with Crippen molar-refractivity contribution in [2.45, 2.75) is 147 Å². The highest BCUT2D eigenvalue weighted by molar-refractivity contribution is 5.84. The van der Waals surface area contributed by atoms with E-state index < -0.39 is 30.0 Å². The van der Waals surface area contributed by atoms with Crippen LogP contribution in [0.4, 0.5) is 0 Å². The van der Waals surface area contributed by atoms with Crippen LogP contribution >= 0.6 is 0 Å². The number of rotatable bonds is 44. The van der Waals surface area contributed by atoms with Crippen molar-refractivity contribution in [3.05, 3.63) is 0 Å². The lowest BCUT2D eigenvalue weighted by Crippen LogP contribution is -2.41. The largest absolute Gasteiger partial charge is 0.481 e. The molecular weight excluding hydrogens is 786 g/mol. The van der Waals surface area contributed by atoms with E-state index in [0.717, 1.165) is 44.9 Å². The van der Waals surface area contributed by atoms with Crippen molar-refractivity contribution < 1.29 is 67.8 Å². The lowest BCUT2D eigenvalue weighted by atomic mass is 10.0. The monoisotopic (exact) mass is 862 g/mol. The van der Waals surface area contributed by atoms with Crippen molar-refractivity contribution in [2.75, 3.05) is 72.5 Å². The van der Waals surface area contributed by atoms with E-state index in [2.05, 4.69) is 21.3 Å². The van der Waals surface area contributed by atoms with Crippen molar-refractivity contribution in [3.63, 3.8) is 0 Å². The van der Waals surface area contributed by atoms with E-state index in [-0.39, 0.29) is 115 Å². The number of carboxylic acids is 3. The number of amides is 4. The highest BCUT2D eigenvalue weighted by Crippen LogP contribution is 2.14. The van der Waals surface area contributed by atoms with Crippen molar-refractivity contribution in [1.29, 1.82) is 0 Å². The SMILES string of the molecule is N[C@@H](CCCCNC(=O)COCCOCCNC(=O)COCCOCCNC(=O)CC[C@H](NC(=O)CCCCCCCCCCCCCCCCC(=O)O)C(=O)O)C(=O)O. The Morgan fingerprint density at radius 2 is 0.850 bits per heavy atom. The van der Waals surface area contributed by atoms with E-state index in [4.69, 9.17) is 34.9 Å². The van der Waals surface area contributed by atoms with Gasteiger partial charge in [-0.05, 0) is 38.5 Å². The number of hydrogen-bond donors (Lipinski definition) is 8. The van der Waals surface area contributed by atoms with Crippen molar-refractivity contribution in [1.82, 2.24) is 21.3 Å². The van der Waals surface area contributed by atoms with Gasteiger partial charge in [0.25, 0.3) is 0 Å². The first-order valence-corrected chi connectivity index (χ1v) is 21.8. The fourth-order valence-electron chi connectivity index (χ4n) is 5.81. The van der Waals surface area contributed by atoms with Crippen molar-refractivity contribution in [3.8, 4) is 0 Å². The normalized spacial score (nSPS) is 12.0. The fourth-order valence-corrected chi connectivity index (χ4v) is 5.81. The van der Waals surface area contributed by atoms with E-state index in [9.17, 15) is 38.7 Å². The summed E-state index contributed by atoms with van der Waals surface area (Å²) in [7, 11) is 0. The number of nitrogens with one attached hydrogen (secondary N) is 4. The van der Waals surface area contributed by atoms with E-state index in [1.165, 1.54) is 38.5 Å². The molecule has 19 nitrogen and oxygen atoms in total. The molecule has 0 heterocycles. The molecule has 0 fully saturated rings. The van der Waals surface area contributed by atoms with E-state index >= 15 is 0 Å². The average molecular weight is 862 g/mol. The maximum absolute atomic E-state index is 12.3. The fraction of sp³-hybridized carbons (Fsp3) is 0.829. The minimum atomic E-state index is -1.19. The Labute approximate surface area is 355 Å². The first-order chi connectivity index (χ1) is 28.9. The predicted octanol–water partition coefficient (Wildman–Crippen LogP) is 2.66. The molecule has 0 bridgehead atoms. The van der Waals surface area contributed by atoms with Crippen LogP contribution in [-0.2, 0) is 52.5 Å². The van der Waals surface area contributed by atoms with Gasteiger partial charge < -0.3 is 61.3 Å². The molecule has 0 aromatic carbocycles. The molecule has 0 saturated heterocycles. The molecule has 0 aromatic heterocycles. The van der Waals surface area contributed by atoms with Gasteiger partial charge in [-0.25, -0.2) is 4.79 Å². The van der Waals surface area contributed by atoms with Crippen LogP contribution in [0.25, 0.3) is 0 Å². The number of nitrogens with two attached hydrogens (primary N) is 1. The third-order valence-electron chi connectivity index (χ3n) is 9.27. The molecule has 60 heavy (non-hydrogen) atoms. The van der Waals surface area contributed by atoms with Crippen LogP contribution in [0.15, 0.2) is 0 Å². The lowest BCUT2D eigenvalue weighted by Gasteiger charge is -2.14.